The third kappa shape index (κ3) is 3.47. The Balaban J connectivity index is 1.39. The average molecular weight is 482 g/mol. The first kappa shape index (κ1) is 21.2. The van der Waals surface area contributed by atoms with Crippen LogP contribution in [0, 0.1) is 5.82 Å². The number of imidazole rings is 1. The smallest absolute Gasteiger partial charge is 0.167 e. The quantitative estimate of drug-likeness (QED) is 0.422. The number of hydrogen-bond donors (Lipinski definition) is 1. The van der Waals surface area contributed by atoms with Gasteiger partial charge in [0, 0.05) is 50.2 Å². The predicted molar refractivity (Wildman–Crippen MR) is 134 cm³/mol. The minimum Gasteiger partial charge on any atom is -0.491 e. The molecule has 0 amide bonds. The molecule has 3 aromatic heterocycles. The van der Waals surface area contributed by atoms with Gasteiger partial charge in [-0.25, -0.2) is 19.0 Å². The van der Waals surface area contributed by atoms with Gasteiger partial charge in [0.1, 0.15) is 29.5 Å². The SMILES string of the molecule is Fc1ccccc1-c1nc2ccc(-n3cccn3)nc2n1-c1ccc2c(c1)OC[C@@H]2N1CCNCC1. The van der Waals surface area contributed by atoms with Gasteiger partial charge in [0.05, 0.1) is 17.3 Å². The van der Waals surface area contributed by atoms with Crippen molar-refractivity contribution >= 4 is 11.2 Å². The van der Waals surface area contributed by atoms with E-state index in [0.29, 0.717) is 35.0 Å². The van der Waals surface area contributed by atoms with Gasteiger partial charge in [-0.15, -0.1) is 0 Å². The van der Waals surface area contributed by atoms with Crippen LogP contribution in [0.25, 0.3) is 34.1 Å². The molecule has 0 unspecified atom stereocenters. The zero-order valence-electron chi connectivity index (χ0n) is 19.5. The molecule has 1 fully saturated rings. The predicted octanol–water partition coefficient (Wildman–Crippen LogP) is 3.75. The van der Waals surface area contributed by atoms with E-state index in [0.717, 1.165) is 37.6 Å². The van der Waals surface area contributed by atoms with Crippen LogP contribution in [0.2, 0.25) is 0 Å². The van der Waals surface area contributed by atoms with Crippen LogP contribution in [0.3, 0.4) is 0 Å². The molecule has 5 heterocycles. The van der Waals surface area contributed by atoms with E-state index in [1.165, 1.54) is 11.6 Å². The second kappa shape index (κ2) is 8.54. The zero-order valence-corrected chi connectivity index (χ0v) is 19.5. The van der Waals surface area contributed by atoms with Crippen molar-refractivity contribution < 1.29 is 9.13 Å². The van der Waals surface area contributed by atoms with Gasteiger partial charge in [-0.1, -0.05) is 18.2 Å². The number of hydrogen-bond acceptors (Lipinski definition) is 6. The summed E-state index contributed by atoms with van der Waals surface area (Å²) in [5, 5.41) is 7.72. The lowest BCUT2D eigenvalue weighted by atomic mass is 10.1. The molecule has 7 rings (SSSR count). The molecule has 0 spiro atoms. The maximum atomic E-state index is 15.0. The normalized spacial score (nSPS) is 17.9. The van der Waals surface area contributed by atoms with Crippen LogP contribution in [0.15, 0.2) is 73.1 Å². The highest BCUT2D eigenvalue weighted by Gasteiger charge is 2.31. The second-order valence-corrected chi connectivity index (χ2v) is 9.05. The molecule has 5 aromatic rings. The van der Waals surface area contributed by atoms with Crippen LogP contribution in [0.1, 0.15) is 11.6 Å². The molecule has 0 radical (unpaired) electrons. The minimum absolute atomic E-state index is 0.242. The van der Waals surface area contributed by atoms with E-state index >= 15 is 0 Å². The molecule has 2 aliphatic heterocycles. The second-order valence-electron chi connectivity index (χ2n) is 9.05. The number of fused-ring (bicyclic) bond motifs is 2. The number of ether oxygens (including phenoxy) is 1. The molecule has 1 saturated heterocycles. The first-order chi connectivity index (χ1) is 17.8. The Morgan fingerprint density at radius 1 is 0.972 bits per heavy atom. The first-order valence-electron chi connectivity index (χ1n) is 12.1. The van der Waals surface area contributed by atoms with Crippen molar-refractivity contribution in [1.29, 1.82) is 0 Å². The van der Waals surface area contributed by atoms with Crippen molar-refractivity contribution in [3.63, 3.8) is 0 Å². The monoisotopic (exact) mass is 481 g/mol. The molecular weight excluding hydrogens is 457 g/mol. The Bertz CT molecular complexity index is 1560. The van der Waals surface area contributed by atoms with Crippen molar-refractivity contribution in [3.8, 4) is 28.6 Å². The largest absolute Gasteiger partial charge is 0.491 e. The summed E-state index contributed by atoms with van der Waals surface area (Å²) in [4.78, 5) is 12.1. The molecular formula is C27H24FN7O. The molecule has 0 saturated carbocycles. The van der Waals surface area contributed by atoms with Gasteiger partial charge >= 0.3 is 0 Å². The lowest BCUT2D eigenvalue weighted by molar-refractivity contribution is 0.146. The van der Waals surface area contributed by atoms with Crippen LogP contribution in [0.4, 0.5) is 4.39 Å². The highest BCUT2D eigenvalue weighted by Crippen LogP contribution is 2.39. The summed E-state index contributed by atoms with van der Waals surface area (Å²) in [6.45, 7) is 4.60. The van der Waals surface area contributed by atoms with Gasteiger partial charge in [0.2, 0.25) is 0 Å². The fourth-order valence-electron chi connectivity index (χ4n) is 5.16. The van der Waals surface area contributed by atoms with E-state index < -0.39 is 0 Å². The van der Waals surface area contributed by atoms with Crippen molar-refractivity contribution in [3.05, 3.63) is 84.4 Å². The molecule has 36 heavy (non-hydrogen) atoms. The number of halogens is 1. The summed E-state index contributed by atoms with van der Waals surface area (Å²) in [5.41, 5.74) is 3.71. The highest BCUT2D eigenvalue weighted by molar-refractivity contribution is 5.81. The lowest BCUT2D eigenvalue weighted by Crippen LogP contribution is -2.45. The summed E-state index contributed by atoms with van der Waals surface area (Å²) >= 11 is 0. The van der Waals surface area contributed by atoms with E-state index in [1.54, 1.807) is 23.0 Å². The van der Waals surface area contributed by atoms with Crippen molar-refractivity contribution in [2.45, 2.75) is 6.04 Å². The number of rotatable bonds is 4. The Kier molecular flexibility index (Phi) is 5.04. The maximum Gasteiger partial charge on any atom is 0.167 e. The highest BCUT2D eigenvalue weighted by atomic mass is 19.1. The Hall–Kier alpha value is -4.08. The number of piperazine rings is 1. The van der Waals surface area contributed by atoms with Gasteiger partial charge in [-0.2, -0.15) is 5.10 Å². The van der Waals surface area contributed by atoms with E-state index in [1.807, 2.05) is 41.1 Å². The molecule has 1 N–H and O–H groups in total. The first-order valence-corrected chi connectivity index (χ1v) is 12.1. The van der Waals surface area contributed by atoms with E-state index in [-0.39, 0.29) is 11.9 Å². The minimum atomic E-state index is -0.336. The van der Waals surface area contributed by atoms with Gasteiger partial charge in [-0.05, 0) is 36.4 Å². The third-order valence-corrected chi connectivity index (χ3v) is 6.95. The van der Waals surface area contributed by atoms with Crippen LogP contribution < -0.4 is 10.1 Å². The third-order valence-electron chi connectivity index (χ3n) is 6.95. The number of nitrogens with one attached hydrogen (secondary N) is 1. The van der Waals surface area contributed by atoms with Crippen molar-refractivity contribution in [2.24, 2.45) is 0 Å². The van der Waals surface area contributed by atoms with Gasteiger partial charge < -0.3 is 10.1 Å². The Labute approximate surface area is 207 Å². The topological polar surface area (TPSA) is 73.0 Å². The molecule has 2 aromatic carbocycles. The molecule has 9 heteroatoms. The maximum absolute atomic E-state index is 15.0. The molecule has 1 atom stereocenters. The molecule has 2 aliphatic rings. The standard InChI is InChI=1S/C27H24FN7O/c28-21-5-2-1-4-19(21)26-31-22-8-9-25(34-13-3-10-30-34)32-27(22)35(26)18-6-7-20-23(17-36-24(20)16-18)33-14-11-29-12-15-33/h1-10,13,16,23,29H,11-12,14-15,17H2/t23-/m0/s1. The van der Waals surface area contributed by atoms with Crippen molar-refractivity contribution in [1.82, 2.24) is 34.5 Å². The number of aromatic nitrogens is 5. The van der Waals surface area contributed by atoms with E-state index in [9.17, 15) is 4.39 Å². The summed E-state index contributed by atoms with van der Waals surface area (Å²) in [6, 6.07) is 18.7. The van der Waals surface area contributed by atoms with Crippen molar-refractivity contribution in [2.75, 3.05) is 32.8 Å². The van der Waals surface area contributed by atoms with Gasteiger partial charge in [-0.3, -0.25) is 9.47 Å². The van der Waals surface area contributed by atoms with E-state index in [2.05, 4.69) is 27.4 Å². The average Bonchev–Trinajstić information content (AvgIpc) is 3.67. The molecule has 0 bridgehead atoms. The Morgan fingerprint density at radius 3 is 2.69 bits per heavy atom. The summed E-state index contributed by atoms with van der Waals surface area (Å²) in [5.74, 6) is 1.66. The van der Waals surface area contributed by atoms with Crippen LogP contribution in [-0.2, 0) is 0 Å². The summed E-state index contributed by atoms with van der Waals surface area (Å²) < 4.78 is 24.7. The number of pyridine rings is 1. The fourth-order valence-corrected chi connectivity index (χ4v) is 5.16. The van der Waals surface area contributed by atoms with Gasteiger partial charge in [0.25, 0.3) is 0 Å². The molecule has 180 valence electrons. The summed E-state index contributed by atoms with van der Waals surface area (Å²) in [6.07, 6.45) is 3.55. The Morgan fingerprint density at radius 2 is 1.86 bits per heavy atom. The number of nitrogens with zero attached hydrogens (tertiary/aromatic N) is 6. The lowest BCUT2D eigenvalue weighted by Gasteiger charge is -2.31. The van der Waals surface area contributed by atoms with Gasteiger partial charge in [0.15, 0.2) is 11.5 Å². The van der Waals surface area contributed by atoms with Crippen LogP contribution in [-0.4, -0.2) is 62.0 Å². The molecule has 8 nitrogen and oxygen atoms in total. The molecule has 0 aliphatic carbocycles. The zero-order chi connectivity index (χ0) is 24.1. The van der Waals surface area contributed by atoms with Crippen LogP contribution >= 0.6 is 0 Å². The number of benzene rings is 2. The van der Waals surface area contributed by atoms with E-state index in [4.69, 9.17) is 14.7 Å². The fraction of sp³-hybridized carbons (Fsp3) is 0.222. The summed E-state index contributed by atoms with van der Waals surface area (Å²) in [7, 11) is 0. The van der Waals surface area contributed by atoms with Crippen LogP contribution in [0.5, 0.6) is 5.75 Å².